The van der Waals surface area contributed by atoms with Crippen LogP contribution < -0.4 is 14.9 Å². The van der Waals surface area contributed by atoms with Crippen molar-refractivity contribution >= 4 is 12.1 Å². The zero-order valence-electron chi connectivity index (χ0n) is 14.0. The first-order valence-corrected chi connectivity index (χ1v) is 7.93. The normalized spacial score (nSPS) is 10.6. The number of methoxy groups -OCH3 is 1. The van der Waals surface area contributed by atoms with Crippen LogP contribution in [0.2, 0.25) is 0 Å². The van der Waals surface area contributed by atoms with Crippen LogP contribution in [0, 0.1) is 0 Å². The molecule has 2 aromatic rings. The Labute approximate surface area is 142 Å². The van der Waals surface area contributed by atoms with Gasteiger partial charge in [0.2, 0.25) is 0 Å². The predicted molar refractivity (Wildman–Crippen MR) is 94.9 cm³/mol. The summed E-state index contributed by atoms with van der Waals surface area (Å²) in [7, 11) is 1.58. The number of amides is 1. The molecule has 0 aromatic heterocycles. The van der Waals surface area contributed by atoms with E-state index in [9.17, 15) is 4.79 Å². The van der Waals surface area contributed by atoms with Crippen molar-refractivity contribution in [2.24, 2.45) is 5.10 Å². The van der Waals surface area contributed by atoms with Crippen LogP contribution in [0.1, 0.15) is 35.7 Å². The number of nitrogens with one attached hydrogen (secondary N) is 1. The molecule has 0 aliphatic carbocycles. The van der Waals surface area contributed by atoms with E-state index in [0.717, 1.165) is 30.8 Å². The minimum absolute atomic E-state index is 0.270. The zero-order chi connectivity index (χ0) is 17.2. The van der Waals surface area contributed by atoms with E-state index in [0.29, 0.717) is 11.3 Å². The molecule has 0 atom stereocenters. The largest absolute Gasteiger partial charge is 0.497 e. The van der Waals surface area contributed by atoms with Gasteiger partial charge in [-0.3, -0.25) is 4.79 Å². The van der Waals surface area contributed by atoms with Gasteiger partial charge in [-0.2, -0.15) is 5.10 Å². The second-order valence-corrected chi connectivity index (χ2v) is 5.20. The summed E-state index contributed by atoms with van der Waals surface area (Å²) in [6, 6.07) is 14.4. The fourth-order valence-electron chi connectivity index (χ4n) is 1.96. The highest BCUT2D eigenvalue weighted by molar-refractivity contribution is 5.95. The van der Waals surface area contributed by atoms with Gasteiger partial charge in [0.15, 0.2) is 0 Å². The van der Waals surface area contributed by atoms with Gasteiger partial charge in [0.1, 0.15) is 11.5 Å². The number of carbonyl (C=O) groups is 1. The van der Waals surface area contributed by atoms with Crippen LogP contribution in [0.25, 0.3) is 0 Å². The molecule has 2 rings (SSSR count). The summed E-state index contributed by atoms with van der Waals surface area (Å²) in [4.78, 5) is 11.9. The Morgan fingerprint density at radius 2 is 1.75 bits per heavy atom. The molecule has 1 amide bonds. The molecule has 5 nitrogen and oxygen atoms in total. The van der Waals surface area contributed by atoms with Crippen molar-refractivity contribution in [3.8, 4) is 11.5 Å². The average Bonchev–Trinajstić information content (AvgIpc) is 2.63. The first-order valence-electron chi connectivity index (χ1n) is 7.93. The molecular weight excluding hydrogens is 304 g/mol. The highest BCUT2D eigenvalue weighted by Gasteiger charge is 2.03. The lowest BCUT2D eigenvalue weighted by atomic mass is 10.2. The van der Waals surface area contributed by atoms with Crippen LogP contribution >= 0.6 is 0 Å². The molecule has 0 unspecified atom stereocenters. The molecule has 0 saturated heterocycles. The van der Waals surface area contributed by atoms with Crippen molar-refractivity contribution < 1.29 is 14.3 Å². The molecule has 0 saturated carbocycles. The Hall–Kier alpha value is -2.82. The average molecular weight is 326 g/mol. The van der Waals surface area contributed by atoms with E-state index in [2.05, 4.69) is 17.5 Å². The van der Waals surface area contributed by atoms with Crippen LogP contribution in [-0.2, 0) is 0 Å². The molecule has 0 bridgehead atoms. The van der Waals surface area contributed by atoms with Crippen molar-refractivity contribution in [2.45, 2.75) is 19.8 Å². The second kappa shape index (κ2) is 9.35. The van der Waals surface area contributed by atoms with Crippen molar-refractivity contribution in [1.29, 1.82) is 0 Å². The smallest absolute Gasteiger partial charge is 0.271 e. The molecule has 0 radical (unpaired) electrons. The molecule has 5 heteroatoms. The predicted octanol–water partition coefficient (Wildman–Crippen LogP) is 3.64. The molecule has 0 spiro atoms. The number of nitrogens with zero attached hydrogens (tertiary/aromatic N) is 1. The molecular formula is C19H22N2O3. The van der Waals surface area contributed by atoms with Gasteiger partial charge >= 0.3 is 0 Å². The molecule has 1 N–H and O–H groups in total. The lowest BCUT2D eigenvalue weighted by Gasteiger charge is -2.05. The maximum absolute atomic E-state index is 11.9. The van der Waals surface area contributed by atoms with E-state index in [1.165, 1.54) is 0 Å². The van der Waals surface area contributed by atoms with Crippen LogP contribution in [0.4, 0.5) is 0 Å². The van der Waals surface area contributed by atoms with Gasteiger partial charge in [0.25, 0.3) is 5.91 Å². The van der Waals surface area contributed by atoms with Crippen LogP contribution in [-0.4, -0.2) is 25.8 Å². The standard InChI is InChI=1S/C19H22N2O3/c1-3-4-13-24-18-9-5-15(6-10-18)14-20-21-19(22)16-7-11-17(23-2)12-8-16/h5-12,14H,3-4,13H2,1-2H3,(H,21,22)/b20-14+. The van der Waals surface area contributed by atoms with Gasteiger partial charge in [-0.05, 0) is 60.5 Å². The summed E-state index contributed by atoms with van der Waals surface area (Å²) in [6.07, 6.45) is 3.75. The minimum Gasteiger partial charge on any atom is -0.497 e. The monoisotopic (exact) mass is 326 g/mol. The second-order valence-electron chi connectivity index (χ2n) is 5.20. The maximum atomic E-state index is 11.9. The number of hydrogen-bond acceptors (Lipinski definition) is 4. The first-order chi connectivity index (χ1) is 11.7. The number of benzene rings is 2. The lowest BCUT2D eigenvalue weighted by molar-refractivity contribution is 0.0955. The van der Waals surface area contributed by atoms with Gasteiger partial charge in [0.05, 0.1) is 19.9 Å². The number of unbranched alkanes of at least 4 members (excludes halogenated alkanes) is 1. The highest BCUT2D eigenvalue weighted by Crippen LogP contribution is 2.12. The summed E-state index contributed by atoms with van der Waals surface area (Å²) in [5.74, 6) is 1.27. The van der Waals surface area contributed by atoms with Gasteiger partial charge in [-0.15, -0.1) is 0 Å². The topological polar surface area (TPSA) is 59.9 Å². The third-order valence-corrected chi connectivity index (χ3v) is 3.38. The number of ether oxygens (including phenoxy) is 2. The van der Waals surface area contributed by atoms with Crippen molar-refractivity contribution in [2.75, 3.05) is 13.7 Å². The Morgan fingerprint density at radius 3 is 2.38 bits per heavy atom. The summed E-state index contributed by atoms with van der Waals surface area (Å²) in [5.41, 5.74) is 3.90. The number of carbonyl (C=O) groups excluding carboxylic acids is 1. The van der Waals surface area contributed by atoms with Gasteiger partial charge in [0, 0.05) is 5.56 Å². The van der Waals surface area contributed by atoms with Crippen LogP contribution in [0.3, 0.4) is 0 Å². The van der Waals surface area contributed by atoms with Gasteiger partial charge < -0.3 is 9.47 Å². The van der Waals surface area contributed by atoms with Crippen LogP contribution in [0.15, 0.2) is 53.6 Å². The Balaban J connectivity index is 1.85. The van der Waals surface area contributed by atoms with E-state index in [4.69, 9.17) is 9.47 Å². The first kappa shape index (κ1) is 17.5. The van der Waals surface area contributed by atoms with Crippen molar-refractivity contribution in [1.82, 2.24) is 5.43 Å². The molecule has 0 fully saturated rings. The summed E-state index contributed by atoms with van der Waals surface area (Å²) < 4.78 is 10.7. The summed E-state index contributed by atoms with van der Waals surface area (Å²) in [6.45, 7) is 2.85. The lowest BCUT2D eigenvalue weighted by Crippen LogP contribution is -2.17. The Morgan fingerprint density at radius 1 is 1.08 bits per heavy atom. The molecule has 0 aliphatic heterocycles. The van der Waals surface area contributed by atoms with E-state index in [1.807, 2.05) is 24.3 Å². The van der Waals surface area contributed by atoms with E-state index < -0.39 is 0 Å². The highest BCUT2D eigenvalue weighted by atomic mass is 16.5. The summed E-state index contributed by atoms with van der Waals surface area (Å²) >= 11 is 0. The van der Waals surface area contributed by atoms with E-state index in [-0.39, 0.29) is 5.91 Å². The Bertz CT molecular complexity index is 664. The maximum Gasteiger partial charge on any atom is 0.271 e. The molecule has 0 aliphatic rings. The quantitative estimate of drug-likeness (QED) is 0.458. The van der Waals surface area contributed by atoms with E-state index >= 15 is 0 Å². The third kappa shape index (κ3) is 5.43. The van der Waals surface area contributed by atoms with Gasteiger partial charge in [-0.25, -0.2) is 5.43 Å². The fourth-order valence-corrected chi connectivity index (χ4v) is 1.96. The third-order valence-electron chi connectivity index (χ3n) is 3.38. The van der Waals surface area contributed by atoms with Crippen molar-refractivity contribution in [3.05, 3.63) is 59.7 Å². The summed E-state index contributed by atoms with van der Waals surface area (Å²) in [5, 5.41) is 3.97. The number of hydrazone groups is 1. The van der Waals surface area contributed by atoms with E-state index in [1.54, 1.807) is 37.6 Å². The number of hydrogen-bond donors (Lipinski definition) is 1. The minimum atomic E-state index is -0.270. The van der Waals surface area contributed by atoms with Crippen molar-refractivity contribution in [3.63, 3.8) is 0 Å². The SMILES string of the molecule is CCCCOc1ccc(/C=N/NC(=O)c2ccc(OC)cc2)cc1. The molecule has 24 heavy (non-hydrogen) atoms. The van der Waals surface area contributed by atoms with Crippen LogP contribution in [0.5, 0.6) is 11.5 Å². The Kier molecular flexibility index (Phi) is 6.83. The van der Waals surface area contributed by atoms with Gasteiger partial charge in [-0.1, -0.05) is 13.3 Å². The zero-order valence-corrected chi connectivity index (χ0v) is 14.0. The number of rotatable bonds is 8. The molecule has 2 aromatic carbocycles. The molecule has 0 heterocycles. The molecule has 126 valence electrons. The fraction of sp³-hybridized carbons (Fsp3) is 0.263.